The summed E-state index contributed by atoms with van der Waals surface area (Å²) in [6.07, 6.45) is 4.99. The van der Waals surface area contributed by atoms with Crippen molar-refractivity contribution in [2.45, 2.75) is 51.7 Å². The van der Waals surface area contributed by atoms with E-state index in [-0.39, 0.29) is 17.7 Å². The lowest BCUT2D eigenvalue weighted by Crippen LogP contribution is -2.31. The third-order valence-corrected chi connectivity index (χ3v) is 3.48. The molecule has 1 fully saturated rings. The molecule has 0 spiro atoms. The van der Waals surface area contributed by atoms with E-state index in [9.17, 15) is 9.90 Å². The second-order valence-corrected chi connectivity index (χ2v) is 5.41. The molecule has 1 N–H and O–H groups in total. The number of nitrogens with zero attached hydrogens (tertiary/aromatic N) is 1. The van der Waals surface area contributed by atoms with Crippen LogP contribution in [0.2, 0.25) is 0 Å². The third-order valence-electron chi connectivity index (χ3n) is 3.48. The van der Waals surface area contributed by atoms with Gasteiger partial charge in [0.25, 0.3) is 5.56 Å². The minimum absolute atomic E-state index is 0.0189. The van der Waals surface area contributed by atoms with Crippen molar-refractivity contribution in [1.82, 2.24) is 4.57 Å². The summed E-state index contributed by atoms with van der Waals surface area (Å²) in [5, 5.41) is 9.88. The van der Waals surface area contributed by atoms with E-state index >= 15 is 0 Å². The van der Waals surface area contributed by atoms with E-state index in [1.54, 1.807) is 4.57 Å². The molecule has 17 heavy (non-hydrogen) atoms. The summed E-state index contributed by atoms with van der Waals surface area (Å²) in [6, 6.07) is 3.80. The quantitative estimate of drug-likeness (QED) is 0.872. The third kappa shape index (κ3) is 2.60. The van der Waals surface area contributed by atoms with Crippen molar-refractivity contribution in [3.63, 3.8) is 0 Å². The average Bonchev–Trinajstić information content (AvgIpc) is 2.67. The molecule has 3 nitrogen and oxygen atoms in total. The normalized spacial score (nSPS) is 24.5. The fourth-order valence-corrected chi connectivity index (χ4v) is 2.66. The molecule has 1 saturated carbocycles. The van der Waals surface area contributed by atoms with Gasteiger partial charge in [-0.15, -0.1) is 0 Å². The van der Waals surface area contributed by atoms with Crippen LogP contribution in [-0.2, 0) is 6.42 Å². The molecule has 0 aliphatic heterocycles. The van der Waals surface area contributed by atoms with Crippen molar-refractivity contribution in [2.75, 3.05) is 0 Å². The lowest BCUT2D eigenvalue weighted by molar-refractivity contribution is 0.134. The first-order valence-corrected chi connectivity index (χ1v) is 6.47. The molecule has 0 aromatic carbocycles. The first-order valence-electron chi connectivity index (χ1n) is 6.47. The fraction of sp³-hybridized carbons (Fsp3) is 0.643. The predicted molar refractivity (Wildman–Crippen MR) is 68.1 cm³/mol. The largest absolute Gasteiger partial charge is 0.391 e. The number of hydrogen-bond acceptors (Lipinski definition) is 2. The van der Waals surface area contributed by atoms with Gasteiger partial charge in [0.05, 0.1) is 12.1 Å². The Morgan fingerprint density at radius 1 is 1.47 bits per heavy atom. The summed E-state index contributed by atoms with van der Waals surface area (Å²) < 4.78 is 1.73. The standard InChI is InChI=1S/C14H21NO2/c1-10(2)9-11-5-4-8-15(14(11)17)12-6-3-7-13(12)16/h4-5,8,10,12-13,16H,3,6-7,9H2,1-2H3/t12-,13+/m0/s1. The maximum atomic E-state index is 12.3. The summed E-state index contributed by atoms with van der Waals surface area (Å²) in [4.78, 5) is 12.3. The van der Waals surface area contributed by atoms with Crippen LogP contribution in [0.3, 0.4) is 0 Å². The van der Waals surface area contributed by atoms with Crippen LogP contribution in [0.4, 0.5) is 0 Å². The minimum atomic E-state index is -0.359. The van der Waals surface area contributed by atoms with Crippen molar-refractivity contribution < 1.29 is 5.11 Å². The number of hydrogen-bond donors (Lipinski definition) is 1. The molecule has 1 aliphatic carbocycles. The maximum Gasteiger partial charge on any atom is 0.254 e. The molecule has 1 aromatic rings. The molecule has 2 rings (SSSR count). The first-order chi connectivity index (χ1) is 8.09. The van der Waals surface area contributed by atoms with E-state index in [1.807, 2.05) is 18.3 Å². The average molecular weight is 235 g/mol. The molecule has 1 aromatic heterocycles. The highest BCUT2D eigenvalue weighted by atomic mass is 16.3. The number of aliphatic hydroxyl groups is 1. The van der Waals surface area contributed by atoms with Crippen molar-refractivity contribution in [3.05, 3.63) is 34.2 Å². The highest BCUT2D eigenvalue weighted by molar-refractivity contribution is 5.12. The zero-order valence-corrected chi connectivity index (χ0v) is 10.6. The molecule has 0 amide bonds. The van der Waals surface area contributed by atoms with Crippen LogP contribution in [0.1, 0.15) is 44.7 Å². The van der Waals surface area contributed by atoms with Gasteiger partial charge >= 0.3 is 0 Å². The van der Waals surface area contributed by atoms with Crippen LogP contribution in [-0.4, -0.2) is 15.8 Å². The van der Waals surface area contributed by atoms with Gasteiger partial charge in [-0.25, -0.2) is 0 Å². The molecular formula is C14H21NO2. The van der Waals surface area contributed by atoms with E-state index in [1.165, 1.54) is 0 Å². The Hall–Kier alpha value is -1.09. The molecule has 1 aliphatic rings. The molecule has 0 saturated heterocycles. The van der Waals surface area contributed by atoms with Crippen molar-refractivity contribution >= 4 is 0 Å². The maximum absolute atomic E-state index is 12.3. The van der Waals surface area contributed by atoms with Crippen LogP contribution in [0.5, 0.6) is 0 Å². The monoisotopic (exact) mass is 235 g/mol. The molecule has 0 unspecified atom stereocenters. The molecule has 0 radical (unpaired) electrons. The van der Waals surface area contributed by atoms with Crippen molar-refractivity contribution in [2.24, 2.45) is 5.92 Å². The van der Waals surface area contributed by atoms with Gasteiger partial charge in [0.2, 0.25) is 0 Å². The summed E-state index contributed by atoms with van der Waals surface area (Å²) in [5.41, 5.74) is 0.939. The van der Waals surface area contributed by atoms with E-state index in [2.05, 4.69) is 13.8 Å². The summed E-state index contributed by atoms with van der Waals surface area (Å²) >= 11 is 0. The fourth-order valence-electron chi connectivity index (χ4n) is 2.66. The molecule has 3 heteroatoms. The molecule has 1 heterocycles. The van der Waals surface area contributed by atoms with Crippen molar-refractivity contribution in [1.29, 1.82) is 0 Å². The Balaban J connectivity index is 2.32. The van der Waals surface area contributed by atoms with Crippen LogP contribution < -0.4 is 5.56 Å². The number of aliphatic hydroxyl groups excluding tert-OH is 1. The highest BCUT2D eigenvalue weighted by Crippen LogP contribution is 2.28. The number of rotatable bonds is 3. The summed E-state index contributed by atoms with van der Waals surface area (Å²) in [5.74, 6) is 0.479. The van der Waals surface area contributed by atoms with Gasteiger partial charge in [0, 0.05) is 11.8 Å². The van der Waals surface area contributed by atoms with E-state index in [0.29, 0.717) is 5.92 Å². The van der Waals surface area contributed by atoms with Gasteiger partial charge in [-0.3, -0.25) is 4.79 Å². The van der Waals surface area contributed by atoms with Gasteiger partial charge in [-0.05, 0) is 37.7 Å². The smallest absolute Gasteiger partial charge is 0.254 e. The van der Waals surface area contributed by atoms with Gasteiger partial charge < -0.3 is 9.67 Å². The van der Waals surface area contributed by atoms with Crippen LogP contribution >= 0.6 is 0 Å². The van der Waals surface area contributed by atoms with Gasteiger partial charge in [-0.2, -0.15) is 0 Å². The van der Waals surface area contributed by atoms with Gasteiger partial charge in [0.15, 0.2) is 0 Å². The Bertz CT molecular complexity index is 436. The number of aromatic nitrogens is 1. The lowest BCUT2D eigenvalue weighted by atomic mass is 10.0. The van der Waals surface area contributed by atoms with E-state index < -0.39 is 0 Å². The second kappa shape index (κ2) is 5.05. The van der Waals surface area contributed by atoms with Crippen molar-refractivity contribution in [3.8, 4) is 0 Å². The van der Waals surface area contributed by atoms with Crippen LogP contribution in [0, 0.1) is 5.92 Å². The second-order valence-electron chi connectivity index (χ2n) is 5.41. The summed E-state index contributed by atoms with van der Waals surface area (Å²) in [6.45, 7) is 4.22. The SMILES string of the molecule is CC(C)Cc1cccn([C@H]2CCC[C@H]2O)c1=O. The van der Waals surface area contributed by atoms with Gasteiger partial charge in [0.1, 0.15) is 0 Å². The zero-order valence-electron chi connectivity index (χ0n) is 10.6. The zero-order chi connectivity index (χ0) is 12.4. The number of pyridine rings is 1. The molecule has 0 bridgehead atoms. The topological polar surface area (TPSA) is 42.2 Å². The Kier molecular flexibility index (Phi) is 3.67. The molecular weight excluding hydrogens is 214 g/mol. The van der Waals surface area contributed by atoms with E-state index in [0.717, 1.165) is 31.2 Å². The highest BCUT2D eigenvalue weighted by Gasteiger charge is 2.27. The Morgan fingerprint density at radius 3 is 2.82 bits per heavy atom. The lowest BCUT2D eigenvalue weighted by Gasteiger charge is -2.18. The van der Waals surface area contributed by atoms with Gasteiger partial charge in [-0.1, -0.05) is 19.9 Å². The Morgan fingerprint density at radius 2 is 2.24 bits per heavy atom. The summed E-state index contributed by atoms with van der Waals surface area (Å²) in [7, 11) is 0. The van der Waals surface area contributed by atoms with Crippen LogP contribution in [0.15, 0.2) is 23.1 Å². The van der Waals surface area contributed by atoms with E-state index in [4.69, 9.17) is 0 Å². The first kappa shape index (κ1) is 12.4. The van der Waals surface area contributed by atoms with Crippen LogP contribution in [0.25, 0.3) is 0 Å². The minimum Gasteiger partial charge on any atom is -0.391 e. The molecule has 94 valence electrons. The molecule has 2 atom stereocenters. The Labute approximate surface area is 102 Å². The predicted octanol–water partition coefficient (Wildman–Crippen LogP) is 2.13.